The van der Waals surface area contributed by atoms with Crippen molar-refractivity contribution in [3.63, 3.8) is 0 Å². The summed E-state index contributed by atoms with van der Waals surface area (Å²) < 4.78 is 0. The number of para-hydroxylation sites is 1. The third-order valence-electron chi connectivity index (χ3n) is 4.34. The summed E-state index contributed by atoms with van der Waals surface area (Å²) in [7, 11) is 4.07. The van der Waals surface area contributed by atoms with Crippen LogP contribution in [0.5, 0.6) is 0 Å². The van der Waals surface area contributed by atoms with Crippen molar-refractivity contribution in [3.05, 3.63) is 65.7 Å². The zero-order valence-corrected chi connectivity index (χ0v) is 15.6. The molecule has 4 nitrogen and oxygen atoms in total. The normalized spacial score (nSPS) is 11.1. The first-order valence-corrected chi connectivity index (χ1v) is 8.94. The maximum absolute atomic E-state index is 12.8. The minimum atomic E-state index is -0.0451. The number of aromatic nitrogens is 1. The van der Waals surface area contributed by atoms with Crippen molar-refractivity contribution >= 4 is 16.8 Å². The Hall–Kier alpha value is -2.72. The van der Waals surface area contributed by atoms with Crippen molar-refractivity contribution in [2.24, 2.45) is 0 Å². The van der Waals surface area contributed by atoms with Crippen LogP contribution in [-0.2, 0) is 0 Å². The summed E-state index contributed by atoms with van der Waals surface area (Å²) in [6.07, 6.45) is 0.923. The lowest BCUT2D eigenvalue weighted by Gasteiger charge is -2.12. The van der Waals surface area contributed by atoms with E-state index in [-0.39, 0.29) is 5.91 Å². The highest BCUT2D eigenvalue weighted by Crippen LogP contribution is 2.25. The molecule has 0 radical (unpaired) electrons. The van der Waals surface area contributed by atoms with Crippen LogP contribution in [0, 0.1) is 6.92 Å². The molecule has 0 aliphatic carbocycles. The molecule has 0 atom stereocenters. The summed E-state index contributed by atoms with van der Waals surface area (Å²) >= 11 is 0. The van der Waals surface area contributed by atoms with E-state index in [9.17, 15) is 4.79 Å². The van der Waals surface area contributed by atoms with Gasteiger partial charge >= 0.3 is 0 Å². The van der Waals surface area contributed by atoms with Gasteiger partial charge < -0.3 is 10.2 Å². The van der Waals surface area contributed by atoms with E-state index in [0.29, 0.717) is 12.1 Å². The van der Waals surface area contributed by atoms with Crippen molar-refractivity contribution in [1.29, 1.82) is 0 Å². The summed E-state index contributed by atoms with van der Waals surface area (Å²) in [4.78, 5) is 19.7. The Bertz CT molecular complexity index is 918. The van der Waals surface area contributed by atoms with Gasteiger partial charge in [-0.15, -0.1) is 0 Å². The number of carbonyl (C=O) groups excluding carboxylic acids is 1. The molecule has 4 heteroatoms. The van der Waals surface area contributed by atoms with Crippen LogP contribution < -0.4 is 5.32 Å². The highest BCUT2D eigenvalue weighted by molar-refractivity contribution is 6.07. The molecule has 3 rings (SSSR count). The van der Waals surface area contributed by atoms with E-state index in [4.69, 9.17) is 4.98 Å². The van der Waals surface area contributed by atoms with Crippen molar-refractivity contribution < 1.29 is 4.79 Å². The fraction of sp³-hybridized carbons (Fsp3) is 0.273. The Morgan fingerprint density at radius 3 is 2.65 bits per heavy atom. The summed E-state index contributed by atoms with van der Waals surface area (Å²) in [6.45, 7) is 3.67. The topological polar surface area (TPSA) is 45.2 Å². The molecule has 26 heavy (non-hydrogen) atoms. The van der Waals surface area contributed by atoms with Gasteiger partial charge in [-0.25, -0.2) is 4.98 Å². The molecule has 3 aromatic rings. The van der Waals surface area contributed by atoms with Gasteiger partial charge in [-0.3, -0.25) is 4.79 Å². The summed E-state index contributed by atoms with van der Waals surface area (Å²) in [5.41, 5.74) is 4.54. The first-order chi connectivity index (χ1) is 12.5. The number of nitrogens with one attached hydrogen (secondary N) is 1. The average Bonchev–Trinajstić information content (AvgIpc) is 2.64. The number of hydrogen-bond donors (Lipinski definition) is 1. The minimum absolute atomic E-state index is 0.0451. The molecule has 0 aliphatic rings. The number of benzene rings is 2. The van der Waals surface area contributed by atoms with Gasteiger partial charge in [0, 0.05) is 17.5 Å². The number of aryl methyl sites for hydroxylation is 1. The molecule has 0 saturated carbocycles. The highest BCUT2D eigenvalue weighted by Gasteiger charge is 2.13. The number of nitrogens with zero attached hydrogens (tertiary/aromatic N) is 2. The Kier molecular flexibility index (Phi) is 5.64. The summed E-state index contributed by atoms with van der Waals surface area (Å²) in [5.74, 6) is -0.0451. The second-order valence-electron chi connectivity index (χ2n) is 6.85. The van der Waals surface area contributed by atoms with E-state index in [1.807, 2.05) is 56.6 Å². The Balaban J connectivity index is 1.94. The van der Waals surface area contributed by atoms with Crippen LogP contribution in [-0.4, -0.2) is 43.0 Å². The Morgan fingerprint density at radius 1 is 1.08 bits per heavy atom. The van der Waals surface area contributed by atoms with E-state index < -0.39 is 0 Å². The van der Waals surface area contributed by atoms with Crippen molar-refractivity contribution in [2.45, 2.75) is 13.3 Å². The Morgan fingerprint density at radius 2 is 1.88 bits per heavy atom. The first-order valence-electron chi connectivity index (χ1n) is 8.94. The lowest BCUT2D eigenvalue weighted by atomic mass is 10.0. The Labute approximate surface area is 154 Å². The van der Waals surface area contributed by atoms with Gasteiger partial charge in [-0.1, -0.05) is 42.0 Å². The van der Waals surface area contributed by atoms with Gasteiger partial charge in [0.25, 0.3) is 5.91 Å². The largest absolute Gasteiger partial charge is 0.352 e. The first kappa shape index (κ1) is 18.1. The standard InChI is InChI=1S/C22H25N3O/c1-16-8-6-9-17(14-16)21-15-19(18-10-4-5-11-20(18)24-21)22(26)23-12-7-13-25(2)3/h4-6,8-11,14-15H,7,12-13H2,1-3H3,(H,23,26). The van der Waals surface area contributed by atoms with Crippen LogP contribution in [0.3, 0.4) is 0 Å². The van der Waals surface area contributed by atoms with Crippen molar-refractivity contribution in [1.82, 2.24) is 15.2 Å². The van der Waals surface area contributed by atoms with Crippen LogP contribution >= 0.6 is 0 Å². The molecular weight excluding hydrogens is 322 g/mol. The quantitative estimate of drug-likeness (QED) is 0.688. The molecule has 134 valence electrons. The third kappa shape index (κ3) is 4.27. The number of carbonyl (C=O) groups is 1. The molecule has 0 spiro atoms. The van der Waals surface area contributed by atoms with Crippen molar-refractivity contribution in [3.8, 4) is 11.3 Å². The fourth-order valence-corrected chi connectivity index (χ4v) is 3.01. The average molecular weight is 347 g/mol. The highest BCUT2D eigenvalue weighted by atomic mass is 16.1. The number of amides is 1. The SMILES string of the molecule is Cc1cccc(-c2cc(C(=O)NCCCN(C)C)c3ccccc3n2)c1. The molecule has 0 aliphatic heterocycles. The summed E-state index contributed by atoms with van der Waals surface area (Å²) in [6, 6.07) is 17.9. The van der Waals surface area contributed by atoms with E-state index in [1.165, 1.54) is 5.56 Å². The lowest BCUT2D eigenvalue weighted by Crippen LogP contribution is -2.27. The number of fused-ring (bicyclic) bond motifs is 1. The smallest absolute Gasteiger partial charge is 0.252 e. The zero-order chi connectivity index (χ0) is 18.5. The van der Waals surface area contributed by atoms with Crippen LogP contribution in [0.25, 0.3) is 22.2 Å². The van der Waals surface area contributed by atoms with E-state index in [0.717, 1.165) is 35.1 Å². The third-order valence-corrected chi connectivity index (χ3v) is 4.34. The molecular formula is C22H25N3O. The van der Waals surface area contributed by atoms with Crippen LogP contribution in [0.1, 0.15) is 22.3 Å². The lowest BCUT2D eigenvalue weighted by molar-refractivity contribution is 0.0954. The van der Waals surface area contributed by atoms with Crippen LogP contribution in [0.4, 0.5) is 0 Å². The number of pyridine rings is 1. The van der Waals surface area contributed by atoms with Gasteiger partial charge in [0.15, 0.2) is 0 Å². The van der Waals surface area contributed by atoms with Gasteiger partial charge in [0.2, 0.25) is 0 Å². The molecule has 1 amide bonds. The molecule has 2 aromatic carbocycles. The molecule has 0 fully saturated rings. The van der Waals surface area contributed by atoms with E-state index in [2.05, 4.69) is 29.3 Å². The zero-order valence-electron chi connectivity index (χ0n) is 15.6. The predicted octanol–water partition coefficient (Wildman–Crippen LogP) is 3.89. The van der Waals surface area contributed by atoms with Crippen LogP contribution in [0.15, 0.2) is 54.6 Å². The monoisotopic (exact) mass is 347 g/mol. The molecule has 1 heterocycles. The van der Waals surface area contributed by atoms with E-state index >= 15 is 0 Å². The number of hydrogen-bond acceptors (Lipinski definition) is 3. The van der Waals surface area contributed by atoms with Crippen molar-refractivity contribution in [2.75, 3.05) is 27.2 Å². The van der Waals surface area contributed by atoms with Gasteiger partial charge in [-0.2, -0.15) is 0 Å². The number of rotatable bonds is 6. The van der Waals surface area contributed by atoms with Gasteiger partial charge in [0.1, 0.15) is 0 Å². The molecule has 0 saturated heterocycles. The predicted molar refractivity (Wildman–Crippen MR) is 107 cm³/mol. The minimum Gasteiger partial charge on any atom is -0.352 e. The van der Waals surface area contributed by atoms with Crippen LogP contribution in [0.2, 0.25) is 0 Å². The fourth-order valence-electron chi connectivity index (χ4n) is 3.01. The van der Waals surface area contributed by atoms with Gasteiger partial charge in [-0.05, 0) is 52.2 Å². The molecule has 0 unspecified atom stereocenters. The maximum atomic E-state index is 12.8. The molecule has 1 aromatic heterocycles. The molecule has 0 bridgehead atoms. The second kappa shape index (κ2) is 8.11. The van der Waals surface area contributed by atoms with Gasteiger partial charge in [0.05, 0.1) is 16.8 Å². The molecule has 1 N–H and O–H groups in total. The summed E-state index contributed by atoms with van der Waals surface area (Å²) in [5, 5.41) is 3.93. The maximum Gasteiger partial charge on any atom is 0.252 e. The second-order valence-corrected chi connectivity index (χ2v) is 6.85. The van der Waals surface area contributed by atoms with E-state index in [1.54, 1.807) is 0 Å².